The Kier molecular flexibility index (Phi) is 3.33. The second-order valence-corrected chi connectivity index (χ2v) is 3.97. The summed E-state index contributed by atoms with van der Waals surface area (Å²) in [6, 6.07) is 7.06. The molecule has 1 aromatic carbocycles. The van der Waals surface area contributed by atoms with Gasteiger partial charge in [-0.2, -0.15) is 0 Å². The highest BCUT2D eigenvalue weighted by Gasteiger charge is 2.14. The number of hydrogen-bond acceptors (Lipinski definition) is 3. The molecule has 0 aromatic heterocycles. The minimum atomic E-state index is 0.320. The molecule has 0 spiro atoms. The van der Waals surface area contributed by atoms with E-state index >= 15 is 0 Å². The Morgan fingerprint density at radius 1 is 1.20 bits per heavy atom. The van der Waals surface area contributed by atoms with Gasteiger partial charge in [0.2, 0.25) is 0 Å². The first-order chi connectivity index (χ1) is 7.38. The summed E-state index contributed by atoms with van der Waals surface area (Å²) in [4.78, 5) is 10.3. The molecular formula is C12H15NO2. The van der Waals surface area contributed by atoms with E-state index in [1.165, 1.54) is 19.3 Å². The summed E-state index contributed by atoms with van der Waals surface area (Å²) in [5, 5.41) is 2.89. The molecule has 0 N–H and O–H groups in total. The van der Waals surface area contributed by atoms with Gasteiger partial charge in [-0.1, -0.05) is 12.5 Å². The maximum atomic E-state index is 10.3. The first-order valence-corrected chi connectivity index (χ1v) is 5.48. The van der Waals surface area contributed by atoms with Crippen LogP contribution < -0.4 is 4.74 Å². The SMILES string of the molecule is O=Nc1cccc(OC2CCCCC2)c1. The predicted octanol–water partition coefficient (Wildman–Crippen LogP) is 3.80. The Hall–Kier alpha value is -1.38. The summed E-state index contributed by atoms with van der Waals surface area (Å²) in [7, 11) is 0. The third-order valence-corrected chi connectivity index (χ3v) is 2.78. The molecule has 0 saturated heterocycles. The van der Waals surface area contributed by atoms with Crippen LogP contribution >= 0.6 is 0 Å². The molecule has 3 heteroatoms. The zero-order chi connectivity index (χ0) is 10.5. The normalized spacial score (nSPS) is 17.3. The fourth-order valence-corrected chi connectivity index (χ4v) is 1.99. The van der Waals surface area contributed by atoms with Crippen LogP contribution in [-0.4, -0.2) is 6.10 Å². The van der Waals surface area contributed by atoms with Gasteiger partial charge in [-0.15, -0.1) is 4.91 Å². The highest BCUT2D eigenvalue weighted by molar-refractivity contribution is 5.42. The van der Waals surface area contributed by atoms with E-state index in [0.29, 0.717) is 11.8 Å². The van der Waals surface area contributed by atoms with Crippen LogP contribution in [-0.2, 0) is 0 Å². The lowest BCUT2D eigenvalue weighted by Crippen LogP contribution is -2.19. The van der Waals surface area contributed by atoms with Gasteiger partial charge in [0.1, 0.15) is 11.4 Å². The summed E-state index contributed by atoms with van der Waals surface area (Å²) in [5.74, 6) is 0.763. The van der Waals surface area contributed by atoms with E-state index in [9.17, 15) is 4.91 Å². The zero-order valence-electron chi connectivity index (χ0n) is 8.69. The molecule has 2 rings (SSSR count). The number of nitrogens with zero attached hydrogens (tertiary/aromatic N) is 1. The fraction of sp³-hybridized carbons (Fsp3) is 0.500. The lowest BCUT2D eigenvalue weighted by Gasteiger charge is -2.22. The Bertz CT molecular complexity index is 332. The van der Waals surface area contributed by atoms with Gasteiger partial charge < -0.3 is 4.74 Å². The molecule has 0 radical (unpaired) electrons. The van der Waals surface area contributed by atoms with Gasteiger partial charge in [0.05, 0.1) is 6.10 Å². The Balaban J connectivity index is 1.99. The van der Waals surface area contributed by atoms with Crippen LogP contribution in [0.15, 0.2) is 29.4 Å². The van der Waals surface area contributed by atoms with Crippen molar-refractivity contribution in [2.75, 3.05) is 0 Å². The van der Waals surface area contributed by atoms with Gasteiger partial charge in [-0.05, 0) is 43.0 Å². The average molecular weight is 205 g/mol. The van der Waals surface area contributed by atoms with E-state index in [0.717, 1.165) is 18.6 Å². The highest BCUT2D eigenvalue weighted by Crippen LogP contribution is 2.25. The van der Waals surface area contributed by atoms with Gasteiger partial charge in [-0.3, -0.25) is 0 Å². The molecule has 0 unspecified atom stereocenters. The van der Waals surface area contributed by atoms with E-state index in [4.69, 9.17) is 4.74 Å². The van der Waals surface area contributed by atoms with Crippen molar-refractivity contribution in [1.82, 2.24) is 0 Å². The molecule has 1 fully saturated rings. The molecule has 1 aromatic rings. The Morgan fingerprint density at radius 3 is 2.73 bits per heavy atom. The van der Waals surface area contributed by atoms with E-state index in [2.05, 4.69) is 5.18 Å². The fourth-order valence-electron chi connectivity index (χ4n) is 1.99. The molecule has 0 atom stereocenters. The van der Waals surface area contributed by atoms with Crippen molar-refractivity contribution >= 4 is 5.69 Å². The van der Waals surface area contributed by atoms with Crippen LogP contribution in [0.25, 0.3) is 0 Å². The lowest BCUT2D eigenvalue weighted by atomic mass is 9.98. The summed E-state index contributed by atoms with van der Waals surface area (Å²) in [5.41, 5.74) is 0.434. The Labute approximate surface area is 89.4 Å². The number of hydrogen-bond donors (Lipinski definition) is 0. The molecule has 1 saturated carbocycles. The van der Waals surface area contributed by atoms with Crippen molar-refractivity contribution < 1.29 is 4.74 Å². The van der Waals surface area contributed by atoms with Crippen molar-refractivity contribution in [2.24, 2.45) is 5.18 Å². The standard InChI is InChI=1S/C12H15NO2/c14-13-10-5-4-8-12(9-10)15-11-6-2-1-3-7-11/h4-5,8-9,11H,1-3,6-7H2. The monoisotopic (exact) mass is 205 g/mol. The summed E-state index contributed by atoms with van der Waals surface area (Å²) in [6.07, 6.45) is 6.38. The topological polar surface area (TPSA) is 38.7 Å². The molecule has 1 aliphatic carbocycles. The minimum absolute atomic E-state index is 0.320. The maximum absolute atomic E-state index is 10.3. The molecule has 0 aliphatic heterocycles. The number of rotatable bonds is 3. The average Bonchev–Trinajstić information content (AvgIpc) is 2.31. The molecule has 80 valence electrons. The molecule has 1 aliphatic rings. The first kappa shape index (κ1) is 10.1. The summed E-state index contributed by atoms with van der Waals surface area (Å²) in [6.45, 7) is 0. The lowest BCUT2D eigenvalue weighted by molar-refractivity contribution is 0.155. The molecule has 0 amide bonds. The molecular weight excluding hydrogens is 190 g/mol. The third kappa shape index (κ3) is 2.78. The number of ether oxygens (including phenoxy) is 1. The largest absolute Gasteiger partial charge is 0.490 e. The summed E-state index contributed by atoms with van der Waals surface area (Å²) < 4.78 is 5.80. The van der Waals surface area contributed by atoms with Crippen molar-refractivity contribution in [3.8, 4) is 5.75 Å². The van der Waals surface area contributed by atoms with Crippen LogP contribution in [0.4, 0.5) is 5.69 Å². The van der Waals surface area contributed by atoms with Crippen LogP contribution in [0.1, 0.15) is 32.1 Å². The van der Waals surface area contributed by atoms with Crippen LogP contribution in [0, 0.1) is 4.91 Å². The van der Waals surface area contributed by atoms with Crippen LogP contribution in [0.3, 0.4) is 0 Å². The smallest absolute Gasteiger partial charge is 0.121 e. The van der Waals surface area contributed by atoms with E-state index in [1.54, 1.807) is 18.2 Å². The minimum Gasteiger partial charge on any atom is -0.490 e. The van der Waals surface area contributed by atoms with Gasteiger partial charge in [0, 0.05) is 6.07 Å². The van der Waals surface area contributed by atoms with Crippen molar-refractivity contribution in [1.29, 1.82) is 0 Å². The van der Waals surface area contributed by atoms with Crippen molar-refractivity contribution in [3.05, 3.63) is 29.2 Å². The van der Waals surface area contributed by atoms with Crippen LogP contribution in [0.2, 0.25) is 0 Å². The summed E-state index contributed by atoms with van der Waals surface area (Å²) >= 11 is 0. The highest BCUT2D eigenvalue weighted by atomic mass is 16.5. The van der Waals surface area contributed by atoms with E-state index < -0.39 is 0 Å². The second-order valence-electron chi connectivity index (χ2n) is 3.97. The quantitative estimate of drug-likeness (QED) is 0.704. The third-order valence-electron chi connectivity index (χ3n) is 2.78. The number of nitroso groups, excluding NO2 is 1. The number of benzene rings is 1. The maximum Gasteiger partial charge on any atom is 0.121 e. The Morgan fingerprint density at radius 2 is 2.00 bits per heavy atom. The predicted molar refractivity (Wildman–Crippen MR) is 59.4 cm³/mol. The van der Waals surface area contributed by atoms with Crippen molar-refractivity contribution in [2.45, 2.75) is 38.2 Å². The van der Waals surface area contributed by atoms with Crippen LogP contribution in [0.5, 0.6) is 5.75 Å². The van der Waals surface area contributed by atoms with Gasteiger partial charge in [0.15, 0.2) is 0 Å². The van der Waals surface area contributed by atoms with Gasteiger partial charge >= 0.3 is 0 Å². The van der Waals surface area contributed by atoms with Gasteiger partial charge in [0.25, 0.3) is 0 Å². The molecule has 3 nitrogen and oxygen atoms in total. The van der Waals surface area contributed by atoms with E-state index in [1.807, 2.05) is 6.07 Å². The zero-order valence-corrected chi connectivity index (χ0v) is 8.69. The van der Waals surface area contributed by atoms with E-state index in [-0.39, 0.29) is 0 Å². The molecule has 0 heterocycles. The van der Waals surface area contributed by atoms with Crippen molar-refractivity contribution in [3.63, 3.8) is 0 Å². The molecule has 0 bridgehead atoms. The second kappa shape index (κ2) is 4.91. The first-order valence-electron chi connectivity index (χ1n) is 5.48. The van der Waals surface area contributed by atoms with Gasteiger partial charge in [-0.25, -0.2) is 0 Å². The molecule has 15 heavy (non-hydrogen) atoms.